The number of para-hydroxylation sites is 1. The maximum absolute atomic E-state index is 12.7. The molecule has 2 aromatic carbocycles. The summed E-state index contributed by atoms with van der Waals surface area (Å²) in [6.45, 7) is 1.13. The minimum absolute atomic E-state index is 0.0528. The second kappa shape index (κ2) is 7.09. The number of carbonyl (C=O) groups excluding carboxylic acids is 2. The van der Waals surface area contributed by atoms with Crippen LogP contribution in [-0.4, -0.2) is 42.0 Å². The summed E-state index contributed by atoms with van der Waals surface area (Å²) in [5.41, 5.74) is -0.343. The van der Waals surface area contributed by atoms with Crippen LogP contribution in [0.1, 0.15) is 28.8 Å². The molecule has 1 spiro atoms. The molecule has 0 bridgehead atoms. The average molecular weight is 403 g/mol. The molecule has 8 heteroatoms. The van der Waals surface area contributed by atoms with E-state index in [4.69, 9.17) is 0 Å². The molecule has 0 aliphatic carbocycles. The Morgan fingerprint density at radius 2 is 1.59 bits per heavy atom. The van der Waals surface area contributed by atoms with Gasteiger partial charge in [-0.05, 0) is 49.2 Å². The predicted octanol–water partition coefficient (Wildman–Crippen LogP) is 3.27. The van der Waals surface area contributed by atoms with Crippen LogP contribution in [0.2, 0.25) is 0 Å². The lowest BCUT2D eigenvalue weighted by molar-refractivity contribution is -0.137. The monoisotopic (exact) mass is 403 g/mol. The molecule has 2 amide bonds. The van der Waals surface area contributed by atoms with Crippen molar-refractivity contribution in [3.63, 3.8) is 0 Å². The molecule has 152 valence electrons. The van der Waals surface area contributed by atoms with E-state index in [2.05, 4.69) is 5.32 Å². The number of nitrogens with zero attached hydrogens (tertiary/aromatic N) is 2. The Morgan fingerprint density at radius 1 is 0.966 bits per heavy atom. The molecule has 2 aromatic rings. The number of carbonyl (C=O) groups is 2. The number of anilines is 1. The van der Waals surface area contributed by atoms with Crippen LogP contribution >= 0.6 is 0 Å². The van der Waals surface area contributed by atoms with Crippen LogP contribution in [0.4, 0.5) is 18.9 Å². The Hall–Kier alpha value is -3.03. The second-order valence-electron chi connectivity index (χ2n) is 7.33. The number of nitrogens with one attached hydrogen (secondary N) is 1. The third-order valence-electron chi connectivity index (χ3n) is 5.74. The van der Waals surface area contributed by atoms with E-state index in [-0.39, 0.29) is 17.4 Å². The molecule has 0 aromatic heterocycles. The van der Waals surface area contributed by atoms with Gasteiger partial charge < -0.3 is 15.1 Å². The zero-order chi connectivity index (χ0) is 20.6. The summed E-state index contributed by atoms with van der Waals surface area (Å²) in [6, 6.07) is 13.9. The molecule has 2 saturated heterocycles. The van der Waals surface area contributed by atoms with Crippen molar-refractivity contribution in [3.05, 3.63) is 65.7 Å². The Bertz CT molecular complexity index is 905. The maximum Gasteiger partial charge on any atom is 0.416 e. The summed E-state index contributed by atoms with van der Waals surface area (Å²) in [7, 11) is 0. The van der Waals surface area contributed by atoms with Gasteiger partial charge in [0.25, 0.3) is 5.91 Å². The first kappa shape index (κ1) is 19.3. The van der Waals surface area contributed by atoms with Crippen molar-refractivity contribution in [1.29, 1.82) is 0 Å². The maximum atomic E-state index is 12.7. The number of hydrogen-bond donors (Lipinski definition) is 1. The number of likely N-dealkylation sites (tertiary alicyclic amines) is 1. The highest BCUT2D eigenvalue weighted by Crippen LogP contribution is 2.36. The van der Waals surface area contributed by atoms with Crippen LogP contribution in [0, 0.1) is 0 Å². The van der Waals surface area contributed by atoms with Gasteiger partial charge in [0.15, 0.2) is 0 Å². The van der Waals surface area contributed by atoms with E-state index in [1.165, 1.54) is 12.1 Å². The topological polar surface area (TPSA) is 52.7 Å². The zero-order valence-corrected chi connectivity index (χ0v) is 15.6. The summed E-state index contributed by atoms with van der Waals surface area (Å²) in [4.78, 5) is 29.0. The fourth-order valence-electron chi connectivity index (χ4n) is 4.10. The Morgan fingerprint density at radius 3 is 2.17 bits per heavy atom. The first-order chi connectivity index (χ1) is 13.8. The third-order valence-corrected chi connectivity index (χ3v) is 5.74. The van der Waals surface area contributed by atoms with Gasteiger partial charge in [-0.15, -0.1) is 0 Å². The summed E-state index contributed by atoms with van der Waals surface area (Å²) in [5, 5.41) is 2.90. The highest BCUT2D eigenvalue weighted by atomic mass is 19.4. The minimum atomic E-state index is -4.43. The number of piperidine rings is 1. The van der Waals surface area contributed by atoms with E-state index in [1.54, 1.807) is 4.90 Å². The number of rotatable bonds is 2. The molecule has 2 aliphatic rings. The Balaban J connectivity index is 1.48. The lowest BCUT2D eigenvalue weighted by Gasteiger charge is -2.43. The smallest absolute Gasteiger partial charge is 0.339 e. The van der Waals surface area contributed by atoms with Crippen molar-refractivity contribution in [1.82, 2.24) is 10.2 Å². The van der Waals surface area contributed by atoms with Gasteiger partial charge in [0.2, 0.25) is 5.91 Å². The first-order valence-corrected chi connectivity index (χ1v) is 9.39. The fraction of sp³-hybridized carbons (Fsp3) is 0.333. The summed E-state index contributed by atoms with van der Waals surface area (Å²) in [5.74, 6) is -0.374. The van der Waals surface area contributed by atoms with Gasteiger partial charge in [-0.3, -0.25) is 9.59 Å². The predicted molar refractivity (Wildman–Crippen MR) is 101 cm³/mol. The summed E-state index contributed by atoms with van der Waals surface area (Å²) >= 11 is 0. The van der Waals surface area contributed by atoms with Gasteiger partial charge >= 0.3 is 6.18 Å². The van der Waals surface area contributed by atoms with Crippen molar-refractivity contribution in [3.8, 4) is 0 Å². The van der Waals surface area contributed by atoms with Gasteiger partial charge in [-0.25, -0.2) is 0 Å². The van der Waals surface area contributed by atoms with Crippen LogP contribution in [0.15, 0.2) is 54.6 Å². The molecule has 0 saturated carbocycles. The molecular weight excluding hydrogens is 383 g/mol. The van der Waals surface area contributed by atoms with E-state index in [0.717, 1.165) is 17.8 Å². The number of alkyl halides is 3. The molecule has 4 rings (SSSR count). The lowest BCUT2D eigenvalue weighted by atomic mass is 9.85. The SMILES string of the molecule is O=C(c1ccc(C(F)(F)F)cc1)N1CCC2(CC1)C(=O)NCN2c1ccccc1. The Labute approximate surface area is 166 Å². The van der Waals surface area contributed by atoms with Gasteiger partial charge in [-0.1, -0.05) is 18.2 Å². The Kier molecular flexibility index (Phi) is 4.72. The van der Waals surface area contributed by atoms with Crippen LogP contribution < -0.4 is 10.2 Å². The van der Waals surface area contributed by atoms with E-state index < -0.39 is 17.3 Å². The second-order valence-corrected chi connectivity index (χ2v) is 7.33. The molecule has 1 N–H and O–H groups in total. The fourth-order valence-corrected chi connectivity index (χ4v) is 4.10. The van der Waals surface area contributed by atoms with Crippen LogP contribution in [0.25, 0.3) is 0 Å². The van der Waals surface area contributed by atoms with Crippen molar-refractivity contribution < 1.29 is 22.8 Å². The van der Waals surface area contributed by atoms with E-state index >= 15 is 0 Å². The van der Waals surface area contributed by atoms with E-state index in [9.17, 15) is 22.8 Å². The van der Waals surface area contributed by atoms with Crippen molar-refractivity contribution in [2.24, 2.45) is 0 Å². The molecule has 2 heterocycles. The minimum Gasteiger partial charge on any atom is -0.339 e. The average Bonchev–Trinajstić information content (AvgIpc) is 3.04. The molecular formula is C21H20F3N3O2. The van der Waals surface area contributed by atoms with Crippen molar-refractivity contribution >= 4 is 17.5 Å². The number of benzene rings is 2. The highest BCUT2D eigenvalue weighted by Gasteiger charge is 2.50. The number of halogens is 3. The first-order valence-electron chi connectivity index (χ1n) is 9.39. The number of hydrogen-bond acceptors (Lipinski definition) is 3. The van der Waals surface area contributed by atoms with Crippen LogP contribution in [0.5, 0.6) is 0 Å². The van der Waals surface area contributed by atoms with Crippen LogP contribution in [0.3, 0.4) is 0 Å². The molecule has 0 unspecified atom stereocenters. The van der Waals surface area contributed by atoms with E-state index in [0.29, 0.717) is 32.6 Å². The van der Waals surface area contributed by atoms with Crippen molar-refractivity contribution in [2.45, 2.75) is 24.6 Å². The van der Waals surface area contributed by atoms with E-state index in [1.807, 2.05) is 35.2 Å². The van der Waals surface area contributed by atoms with Gasteiger partial charge in [0.1, 0.15) is 5.54 Å². The summed E-state index contributed by atoms with van der Waals surface area (Å²) in [6.07, 6.45) is -3.52. The van der Waals surface area contributed by atoms with Crippen LogP contribution in [-0.2, 0) is 11.0 Å². The zero-order valence-electron chi connectivity index (χ0n) is 15.6. The quantitative estimate of drug-likeness (QED) is 0.838. The molecule has 2 fully saturated rings. The molecule has 29 heavy (non-hydrogen) atoms. The normalized spacial score (nSPS) is 18.8. The molecule has 0 radical (unpaired) electrons. The van der Waals surface area contributed by atoms with Gasteiger partial charge in [0.05, 0.1) is 12.2 Å². The van der Waals surface area contributed by atoms with Crippen molar-refractivity contribution in [2.75, 3.05) is 24.7 Å². The summed E-state index contributed by atoms with van der Waals surface area (Å²) < 4.78 is 38.2. The molecule has 2 aliphatic heterocycles. The third kappa shape index (κ3) is 3.43. The standard InChI is InChI=1S/C21H20F3N3O2/c22-21(23,24)16-8-6-15(7-9-16)18(28)26-12-10-20(11-13-26)19(29)25-14-27(20)17-4-2-1-3-5-17/h1-9H,10-14H2,(H,25,29). The largest absolute Gasteiger partial charge is 0.416 e. The highest BCUT2D eigenvalue weighted by molar-refractivity contribution is 5.96. The molecule has 5 nitrogen and oxygen atoms in total. The van der Waals surface area contributed by atoms with Gasteiger partial charge in [-0.2, -0.15) is 13.2 Å². The molecule has 0 atom stereocenters. The van der Waals surface area contributed by atoms with Gasteiger partial charge in [0, 0.05) is 24.3 Å². The number of amides is 2. The lowest BCUT2D eigenvalue weighted by Crippen LogP contribution is -2.57.